The molecule has 5 heteroatoms. The van der Waals surface area contributed by atoms with E-state index in [0.717, 1.165) is 19.3 Å². The summed E-state index contributed by atoms with van der Waals surface area (Å²) in [5, 5.41) is 12.1. The highest BCUT2D eigenvalue weighted by molar-refractivity contribution is 5.86. The molecule has 0 spiro atoms. The highest BCUT2D eigenvalue weighted by Gasteiger charge is 2.42. The second kappa shape index (κ2) is 5.38. The highest BCUT2D eigenvalue weighted by Crippen LogP contribution is 2.37. The van der Waals surface area contributed by atoms with Crippen molar-refractivity contribution < 1.29 is 9.59 Å². The van der Waals surface area contributed by atoms with Crippen LogP contribution in [-0.2, 0) is 9.59 Å². The first-order valence-electron chi connectivity index (χ1n) is 6.65. The summed E-state index contributed by atoms with van der Waals surface area (Å²) in [6.07, 6.45) is 4.68. The van der Waals surface area contributed by atoms with Gasteiger partial charge in [-0.15, -0.1) is 0 Å². The van der Waals surface area contributed by atoms with Gasteiger partial charge in [0, 0.05) is 26.1 Å². The number of hydrogen-bond donors (Lipinski definition) is 1. The number of rotatable bonds is 1. The van der Waals surface area contributed by atoms with Gasteiger partial charge in [0.15, 0.2) is 0 Å². The molecule has 0 radical (unpaired) electrons. The van der Waals surface area contributed by atoms with Gasteiger partial charge >= 0.3 is 0 Å². The molecule has 18 heavy (non-hydrogen) atoms. The number of amides is 2. The summed E-state index contributed by atoms with van der Waals surface area (Å²) in [6, 6.07) is 2.25. The summed E-state index contributed by atoms with van der Waals surface area (Å²) in [4.78, 5) is 25.5. The average molecular weight is 249 g/mol. The van der Waals surface area contributed by atoms with Crippen LogP contribution < -0.4 is 5.32 Å². The Morgan fingerprint density at radius 3 is 2.67 bits per heavy atom. The van der Waals surface area contributed by atoms with Crippen LogP contribution in [0.5, 0.6) is 0 Å². The second-order valence-corrected chi connectivity index (χ2v) is 5.15. The Kier molecular flexibility index (Phi) is 3.85. The number of carbonyl (C=O) groups excluding carboxylic acids is 2. The van der Waals surface area contributed by atoms with Crippen molar-refractivity contribution in [2.24, 2.45) is 5.41 Å². The van der Waals surface area contributed by atoms with Crippen molar-refractivity contribution in [3.8, 4) is 6.07 Å². The number of nitrogens with one attached hydrogen (secondary N) is 1. The minimum Gasteiger partial charge on any atom is -0.354 e. The van der Waals surface area contributed by atoms with Gasteiger partial charge in [-0.25, -0.2) is 0 Å². The van der Waals surface area contributed by atoms with E-state index in [1.54, 1.807) is 4.90 Å². The van der Waals surface area contributed by atoms with Crippen molar-refractivity contribution in [3.63, 3.8) is 0 Å². The molecular weight excluding hydrogens is 230 g/mol. The molecule has 0 atom stereocenters. The maximum Gasteiger partial charge on any atom is 0.243 e. The van der Waals surface area contributed by atoms with Gasteiger partial charge in [-0.3, -0.25) is 9.59 Å². The van der Waals surface area contributed by atoms with Gasteiger partial charge in [0.05, 0.1) is 6.07 Å². The lowest BCUT2D eigenvalue weighted by molar-refractivity contribution is -0.140. The molecule has 0 aromatic rings. The largest absolute Gasteiger partial charge is 0.354 e. The molecule has 2 aliphatic rings. The molecule has 1 saturated heterocycles. The van der Waals surface area contributed by atoms with Gasteiger partial charge in [-0.05, 0) is 12.8 Å². The van der Waals surface area contributed by atoms with Crippen molar-refractivity contribution in [2.75, 3.05) is 19.6 Å². The Bertz CT molecular complexity index is 380. The molecule has 0 aromatic heterocycles. The van der Waals surface area contributed by atoms with E-state index >= 15 is 0 Å². The lowest BCUT2D eigenvalue weighted by Gasteiger charge is -2.34. The molecule has 1 N–H and O–H groups in total. The van der Waals surface area contributed by atoms with E-state index < -0.39 is 5.41 Å². The lowest BCUT2D eigenvalue weighted by Crippen LogP contribution is -2.45. The lowest BCUT2D eigenvalue weighted by atomic mass is 9.74. The minimum atomic E-state index is -0.828. The number of carbonyl (C=O) groups is 2. The van der Waals surface area contributed by atoms with Gasteiger partial charge in [-0.1, -0.05) is 19.3 Å². The smallest absolute Gasteiger partial charge is 0.243 e. The van der Waals surface area contributed by atoms with Crippen molar-refractivity contribution in [1.29, 1.82) is 5.26 Å². The first-order chi connectivity index (χ1) is 8.68. The van der Waals surface area contributed by atoms with Crippen molar-refractivity contribution in [3.05, 3.63) is 0 Å². The van der Waals surface area contributed by atoms with Gasteiger partial charge < -0.3 is 10.2 Å². The molecule has 1 saturated carbocycles. The Morgan fingerprint density at radius 2 is 2.00 bits per heavy atom. The maximum absolute atomic E-state index is 12.5. The number of nitrogens with zero attached hydrogens (tertiary/aromatic N) is 2. The predicted molar refractivity (Wildman–Crippen MR) is 65.3 cm³/mol. The second-order valence-electron chi connectivity index (χ2n) is 5.15. The summed E-state index contributed by atoms with van der Waals surface area (Å²) in [6.45, 7) is 1.45. The molecule has 0 aromatic carbocycles. The average Bonchev–Trinajstić information content (AvgIpc) is 2.63. The Labute approximate surface area is 107 Å². The molecule has 1 aliphatic carbocycles. The fourth-order valence-corrected chi connectivity index (χ4v) is 2.80. The van der Waals surface area contributed by atoms with Gasteiger partial charge in [0.25, 0.3) is 0 Å². The molecule has 2 rings (SSSR count). The Balaban J connectivity index is 2.09. The van der Waals surface area contributed by atoms with E-state index in [4.69, 9.17) is 0 Å². The quantitative estimate of drug-likeness (QED) is 0.747. The van der Waals surface area contributed by atoms with Gasteiger partial charge in [-0.2, -0.15) is 5.26 Å². The zero-order chi connectivity index (χ0) is 13.0. The summed E-state index contributed by atoms with van der Waals surface area (Å²) >= 11 is 0. The molecule has 98 valence electrons. The van der Waals surface area contributed by atoms with Crippen molar-refractivity contribution in [2.45, 2.75) is 38.5 Å². The standard InChI is InChI=1S/C13H19N3O2/c14-10-13(5-2-1-3-6-13)12(18)16-8-4-11(17)15-7-9-16/h1-9H2,(H,15,17). The molecule has 5 nitrogen and oxygen atoms in total. The topological polar surface area (TPSA) is 73.2 Å². The van der Waals surface area contributed by atoms with E-state index in [0.29, 0.717) is 38.9 Å². The maximum atomic E-state index is 12.5. The van der Waals surface area contributed by atoms with E-state index in [2.05, 4.69) is 11.4 Å². The van der Waals surface area contributed by atoms with Gasteiger partial charge in [0.2, 0.25) is 11.8 Å². The van der Waals surface area contributed by atoms with E-state index in [1.165, 1.54) is 0 Å². The molecule has 2 amide bonds. The number of nitriles is 1. The highest BCUT2D eigenvalue weighted by atomic mass is 16.2. The first kappa shape index (κ1) is 12.9. The third kappa shape index (κ3) is 2.47. The monoisotopic (exact) mass is 249 g/mol. The fourth-order valence-electron chi connectivity index (χ4n) is 2.80. The third-order valence-electron chi connectivity index (χ3n) is 3.93. The normalized spacial score (nSPS) is 23.7. The molecule has 0 unspecified atom stereocenters. The first-order valence-corrected chi connectivity index (χ1v) is 6.65. The van der Waals surface area contributed by atoms with Crippen LogP contribution in [0.15, 0.2) is 0 Å². The van der Waals surface area contributed by atoms with Crippen LogP contribution in [-0.4, -0.2) is 36.3 Å². The van der Waals surface area contributed by atoms with Crippen LogP contribution in [0, 0.1) is 16.7 Å². The van der Waals surface area contributed by atoms with Crippen molar-refractivity contribution >= 4 is 11.8 Å². The minimum absolute atomic E-state index is 0.0139. The SMILES string of the molecule is N#CC1(C(=O)N2CCNC(=O)CC2)CCCCC1. The molecule has 2 fully saturated rings. The summed E-state index contributed by atoms with van der Waals surface area (Å²) < 4.78 is 0. The number of hydrogen-bond acceptors (Lipinski definition) is 3. The van der Waals surface area contributed by atoms with E-state index in [9.17, 15) is 14.9 Å². The summed E-state index contributed by atoms with van der Waals surface area (Å²) in [5.41, 5.74) is -0.828. The van der Waals surface area contributed by atoms with Gasteiger partial charge in [0.1, 0.15) is 5.41 Å². The molecule has 1 aliphatic heterocycles. The summed E-state index contributed by atoms with van der Waals surface area (Å²) in [7, 11) is 0. The van der Waals surface area contributed by atoms with Crippen LogP contribution in [0.2, 0.25) is 0 Å². The predicted octanol–water partition coefficient (Wildman–Crippen LogP) is 0.809. The van der Waals surface area contributed by atoms with Crippen LogP contribution >= 0.6 is 0 Å². The van der Waals surface area contributed by atoms with Crippen molar-refractivity contribution in [1.82, 2.24) is 10.2 Å². The Morgan fingerprint density at radius 1 is 1.28 bits per heavy atom. The van der Waals surface area contributed by atoms with Crippen LogP contribution in [0.4, 0.5) is 0 Å². The zero-order valence-corrected chi connectivity index (χ0v) is 10.6. The van der Waals surface area contributed by atoms with E-state index in [1.807, 2.05) is 0 Å². The fraction of sp³-hybridized carbons (Fsp3) is 0.769. The zero-order valence-electron chi connectivity index (χ0n) is 10.6. The molecular formula is C13H19N3O2. The molecule has 1 heterocycles. The van der Waals surface area contributed by atoms with Crippen LogP contribution in [0.3, 0.4) is 0 Å². The Hall–Kier alpha value is -1.57. The van der Waals surface area contributed by atoms with Crippen LogP contribution in [0.1, 0.15) is 38.5 Å². The molecule has 0 bridgehead atoms. The third-order valence-corrected chi connectivity index (χ3v) is 3.93. The van der Waals surface area contributed by atoms with Crippen LogP contribution in [0.25, 0.3) is 0 Å². The van der Waals surface area contributed by atoms with E-state index in [-0.39, 0.29) is 11.8 Å². The summed E-state index contributed by atoms with van der Waals surface area (Å²) in [5.74, 6) is -0.0823.